The lowest BCUT2D eigenvalue weighted by atomic mass is 10.1. The lowest BCUT2D eigenvalue weighted by molar-refractivity contribution is -0.114. The van der Waals surface area contributed by atoms with Crippen molar-refractivity contribution in [2.24, 2.45) is 5.73 Å². The zero-order chi connectivity index (χ0) is 12.1. The van der Waals surface area contributed by atoms with E-state index in [1.54, 1.807) is 18.2 Å². The lowest BCUT2D eigenvalue weighted by Gasteiger charge is -2.08. The highest BCUT2D eigenvalue weighted by atomic mass is 16.5. The van der Waals surface area contributed by atoms with E-state index in [0.29, 0.717) is 11.3 Å². The van der Waals surface area contributed by atoms with Gasteiger partial charge in [-0.15, -0.1) is 0 Å². The van der Waals surface area contributed by atoms with Crippen molar-refractivity contribution >= 4 is 17.6 Å². The summed E-state index contributed by atoms with van der Waals surface area (Å²) in [6.07, 6.45) is 0. The Balaban J connectivity index is 2.99. The smallest absolute Gasteiger partial charge is 0.337 e. The fraction of sp³-hybridized carbons (Fsp3) is 0.273. The van der Waals surface area contributed by atoms with Gasteiger partial charge in [0, 0.05) is 5.69 Å². The van der Waals surface area contributed by atoms with E-state index in [1.165, 1.54) is 7.11 Å². The van der Waals surface area contributed by atoms with Crippen molar-refractivity contribution in [3.8, 4) is 0 Å². The third-order valence-corrected chi connectivity index (χ3v) is 2.12. The number of nitrogens with two attached hydrogens (primary N) is 1. The van der Waals surface area contributed by atoms with Crippen LogP contribution in [0.1, 0.15) is 15.9 Å². The summed E-state index contributed by atoms with van der Waals surface area (Å²) >= 11 is 0. The SMILES string of the molecule is COC(=O)c1ccc(C)c(NC(=O)CN)c1. The highest BCUT2D eigenvalue weighted by Crippen LogP contribution is 2.17. The van der Waals surface area contributed by atoms with E-state index in [4.69, 9.17) is 5.73 Å². The Bertz CT molecular complexity index is 416. The normalized spacial score (nSPS) is 9.69. The van der Waals surface area contributed by atoms with Gasteiger partial charge in [-0.05, 0) is 24.6 Å². The molecule has 1 aromatic carbocycles. The zero-order valence-corrected chi connectivity index (χ0v) is 9.24. The number of aryl methyl sites for hydroxylation is 1. The number of amides is 1. The van der Waals surface area contributed by atoms with E-state index >= 15 is 0 Å². The molecular weight excluding hydrogens is 208 g/mol. The summed E-state index contributed by atoms with van der Waals surface area (Å²) in [6.45, 7) is 1.73. The van der Waals surface area contributed by atoms with Crippen molar-refractivity contribution < 1.29 is 14.3 Å². The number of nitrogens with one attached hydrogen (secondary N) is 1. The predicted octanol–water partition coefficient (Wildman–Crippen LogP) is 0.679. The molecule has 5 heteroatoms. The van der Waals surface area contributed by atoms with Gasteiger partial charge in [-0.2, -0.15) is 0 Å². The molecule has 1 rings (SSSR count). The minimum absolute atomic E-state index is 0.0953. The zero-order valence-electron chi connectivity index (χ0n) is 9.24. The molecule has 3 N–H and O–H groups in total. The summed E-state index contributed by atoms with van der Waals surface area (Å²) < 4.78 is 4.59. The van der Waals surface area contributed by atoms with Crippen LogP contribution in [-0.4, -0.2) is 25.5 Å². The van der Waals surface area contributed by atoms with E-state index in [-0.39, 0.29) is 12.5 Å². The van der Waals surface area contributed by atoms with Gasteiger partial charge >= 0.3 is 5.97 Å². The Kier molecular flexibility index (Phi) is 4.02. The average molecular weight is 222 g/mol. The molecule has 1 amide bonds. The van der Waals surface area contributed by atoms with Crippen LogP contribution in [0.2, 0.25) is 0 Å². The number of ether oxygens (including phenoxy) is 1. The Morgan fingerprint density at radius 3 is 2.69 bits per heavy atom. The summed E-state index contributed by atoms with van der Waals surface area (Å²) in [7, 11) is 1.31. The number of carbonyl (C=O) groups excluding carboxylic acids is 2. The molecule has 0 atom stereocenters. The van der Waals surface area contributed by atoms with Gasteiger partial charge in [0.15, 0.2) is 0 Å². The highest BCUT2D eigenvalue weighted by molar-refractivity contribution is 5.96. The van der Waals surface area contributed by atoms with Crippen LogP contribution in [-0.2, 0) is 9.53 Å². The molecule has 0 bridgehead atoms. The predicted molar refractivity (Wildman–Crippen MR) is 60.2 cm³/mol. The standard InChI is InChI=1S/C11H14N2O3/c1-7-3-4-8(11(15)16-2)5-9(7)13-10(14)6-12/h3-5H,6,12H2,1-2H3,(H,13,14). The number of methoxy groups -OCH3 is 1. The second-order valence-corrected chi connectivity index (χ2v) is 3.27. The van der Waals surface area contributed by atoms with E-state index in [9.17, 15) is 9.59 Å². The van der Waals surface area contributed by atoms with Gasteiger partial charge in [-0.25, -0.2) is 4.79 Å². The van der Waals surface area contributed by atoms with Crippen LogP contribution >= 0.6 is 0 Å². The van der Waals surface area contributed by atoms with Crippen LogP contribution in [0, 0.1) is 6.92 Å². The van der Waals surface area contributed by atoms with Crippen molar-refractivity contribution in [1.29, 1.82) is 0 Å². The molecule has 0 spiro atoms. The van der Waals surface area contributed by atoms with Crippen molar-refractivity contribution in [2.45, 2.75) is 6.92 Å². The van der Waals surface area contributed by atoms with Gasteiger partial charge in [0.25, 0.3) is 0 Å². The maximum atomic E-state index is 11.3. The van der Waals surface area contributed by atoms with Crippen molar-refractivity contribution in [1.82, 2.24) is 0 Å². The number of rotatable bonds is 3. The van der Waals surface area contributed by atoms with Gasteiger partial charge in [0.2, 0.25) is 5.91 Å². The van der Waals surface area contributed by atoms with Gasteiger partial charge in [-0.3, -0.25) is 4.79 Å². The van der Waals surface area contributed by atoms with E-state index in [0.717, 1.165) is 5.56 Å². The largest absolute Gasteiger partial charge is 0.465 e. The molecule has 0 heterocycles. The molecule has 86 valence electrons. The third kappa shape index (κ3) is 2.80. The first kappa shape index (κ1) is 12.2. The first-order valence-corrected chi connectivity index (χ1v) is 4.77. The first-order chi connectivity index (χ1) is 7.58. The summed E-state index contributed by atoms with van der Waals surface area (Å²) in [5.74, 6) is -0.742. The molecule has 0 aliphatic carbocycles. The van der Waals surface area contributed by atoms with Crippen LogP contribution in [0.15, 0.2) is 18.2 Å². The minimum atomic E-state index is -0.441. The Labute approximate surface area is 93.6 Å². The molecular formula is C11H14N2O3. The monoisotopic (exact) mass is 222 g/mol. The first-order valence-electron chi connectivity index (χ1n) is 4.77. The molecule has 5 nitrogen and oxygen atoms in total. The number of benzene rings is 1. The second kappa shape index (κ2) is 5.27. The van der Waals surface area contributed by atoms with E-state index in [1.807, 2.05) is 6.92 Å². The molecule has 0 unspecified atom stereocenters. The van der Waals surface area contributed by atoms with Gasteiger partial charge in [-0.1, -0.05) is 6.07 Å². The molecule has 0 aliphatic rings. The Morgan fingerprint density at radius 2 is 2.12 bits per heavy atom. The summed E-state index contributed by atoms with van der Waals surface area (Å²) in [6, 6.07) is 4.94. The number of hydrogen-bond donors (Lipinski definition) is 2. The molecule has 0 radical (unpaired) electrons. The van der Waals surface area contributed by atoms with Crippen LogP contribution in [0.3, 0.4) is 0 Å². The third-order valence-electron chi connectivity index (χ3n) is 2.12. The van der Waals surface area contributed by atoms with Gasteiger partial charge in [0.1, 0.15) is 0 Å². The molecule has 0 fully saturated rings. The summed E-state index contributed by atoms with van der Waals surface area (Å²) in [5, 5.41) is 2.61. The summed E-state index contributed by atoms with van der Waals surface area (Å²) in [5.41, 5.74) is 7.00. The lowest BCUT2D eigenvalue weighted by Crippen LogP contribution is -2.22. The maximum Gasteiger partial charge on any atom is 0.337 e. The fourth-order valence-electron chi connectivity index (χ4n) is 1.20. The molecule has 0 saturated carbocycles. The molecule has 0 aliphatic heterocycles. The quantitative estimate of drug-likeness (QED) is 0.737. The molecule has 1 aromatic rings. The van der Waals surface area contributed by atoms with E-state index in [2.05, 4.69) is 10.1 Å². The van der Waals surface area contributed by atoms with Crippen molar-refractivity contribution in [3.05, 3.63) is 29.3 Å². The summed E-state index contributed by atoms with van der Waals surface area (Å²) in [4.78, 5) is 22.4. The minimum Gasteiger partial charge on any atom is -0.465 e. The van der Waals surface area contributed by atoms with Crippen molar-refractivity contribution in [3.63, 3.8) is 0 Å². The number of esters is 1. The van der Waals surface area contributed by atoms with Crippen LogP contribution in [0.5, 0.6) is 0 Å². The number of carbonyl (C=O) groups is 2. The second-order valence-electron chi connectivity index (χ2n) is 3.27. The highest BCUT2D eigenvalue weighted by Gasteiger charge is 2.09. The molecule has 0 saturated heterocycles. The van der Waals surface area contributed by atoms with Crippen molar-refractivity contribution in [2.75, 3.05) is 19.0 Å². The Morgan fingerprint density at radius 1 is 1.44 bits per heavy atom. The van der Waals surface area contributed by atoms with Gasteiger partial charge in [0.05, 0.1) is 19.2 Å². The number of anilines is 1. The molecule has 16 heavy (non-hydrogen) atoms. The Hall–Kier alpha value is -1.88. The van der Waals surface area contributed by atoms with E-state index < -0.39 is 5.97 Å². The maximum absolute atomic E-state index is 11.3. The van der Waals surface area contributed by atoms with Crippen LogP contribution in [0.25, 0.3) is 0 Å². The molecule has 0 aromatic heterocycles. The number of hydrogen-bond acceptors (Lipinski definition) is 4. The average Bonchev–Trinajstić information content (AvgIpc) is 2.30. The van der Waals surface area contributed by atoms with Crippen LogP contribution in [0.4, 0.5) is 5.69 Å². The fourth-order valence-corrected chi connectivity index (χ4v) is 1.20. The van der Waals surface area contributed by atoms with Gasteiger partial charge < -0.3 is 15.8 Å². The topological polar surface area (TPSA) is 81.4 Å². The van der Waals surface area contributed by atoms with Crippen LogP contribution < -0.4 is 11.1 Å².